The Morgan fingerprint density at radius 3 is 2.50 bits per heavy atom. The van der Waals surface area contributed by atoms with Crippen molar-refractivity contribution in [3.05, 3.63) is 53.6 Å². The number of carboxylic acid groups (broad SMARTS) is 1. The minimum Gasteiger partial charge on any atom is -0.497 e. The number of fused-ring (bicyclic) bond motifs is 1. The van der Waals surface area contributed by atoms with E-state index in [9.17, 15) is 14.7 Å². The van der Waals surface area contributed by atoms with E-state index >= 15 is 0 Å². The Bertz CT molecular complexity index is 975. The van der Waals surface area contributed by atoms with Gasteiger partial charge in [-0.2, -0.15) is 0 Å². The minimum absolute atomic E-state index is 0.106. The van der Waals surface area contributed by atoms with Crippen LogP contribution in [-0.4, -0.2) is 55.5 Å². The monoisotopic (exact) mass is 441 g/mol. The molecule has 170 valence electrons. The van der Waals surface area contributed by atoms with Crippen molar-refractivity contribution in [1.82, 2.24) is 4.90 Å². The number of likely N-dealkylation sites (tertiary alicyclic amines) is 1. The summed E-state index contributed by atoms with van der Waals surface area (Å²) in [5, 5.41) is 10.2. The first kappa shape index (κ1) is 22.0. The van der Waals surface area contributed by atoms with Crippen LogP contribution in [0.25, 0.3) is 0 Å². The van der Waals surface area contributed by atoms with Gasteiger partial charge in [0.25, 0.3) is 0 Å². The van der Waals surface area contributed by atoms with Crippen LogP contribution in [-0.2, 0) is 14.3 Å². The van der Waals surface area contributed by atoms with Crippen molar-refractivity contribution in [3.8, 4) is 17.2 Å². The van der Waals surface area contributed by atoms with Crippen LogP contribution in [0.4, 0.5) is 0 Å². The highest BCUT2D eigenvalue weighted by Crippen LogP contribution is 2.48. The number of benzene rings is 2. The molecule has 8 nitrogen and oxygen atoms in total. The fourth-order valence-corrected chi connectivity index (χ4v) is 4.43. The Labute approximate surface area is 186 Å². The van der Waals surface area contributed by atoms with E-state index in [1.54, 1.807) is 42.3 Å². The molecule has 32 heavy (non-hydrogen) atoms. The first-order valence-corrected chi connectivity index (χ1v) is 10.7. The lowest BCUT2D eigenvalue weighted by Crippen LogP contribution is -2.33. The van der Waals surface area contributed by atoms with E-state index in [1.807, 2.05) is 19.1 Å². The van der Waals surface area contributed by atoms with Gasteiger partial charge in [-0.05, 0) is 41.8 Å². The molecule has 0 aromatic heterocycles. The summed E-state index contributed by atoms with van der Waals surface area (Å²) in [6.07, 6.45) is 0.868. The van der Waals surface area contributed by atoms with Crippen LogP contribution in [0.15, 0.2) is 42.5 Å². The highest BCUT2D eigenvalue weighted by atomic mass is 16.7. The van der Waals surface area contributed by atoms with Crippen molar-refractivity contribution in [1.29, 1.82) is 0 Å². The summed E-state index contributed by atoms with van der Waals surface area (Å²) in [5.41, 5.74) is 1.34. The number of ether oxygens (including phenoxy) is 4. The van der Waals surface area contributed by atoms with Crippen molar-refractivity contribution in [2.24, 2.45) is 5.92 Å². The average molecular weight is 441 g/mol. The summed E-state index contributed by atoms with van der Waals surface area (Å²) < 4.78 is 21.7. The first-order chi connectivity index (χ1) is 15.5. The van der Waals surface area contributed by atoms with E-state index in [2.05, 4.69) is 0 Å². The fraction of sp³-hybridized carbons (Fsp3) is 0.417. The lowest BCUT2D eigenvalue weighted by Gasteiger charge is -2.27. The smallest absolute Gasteiger partial charge is 0.310 e. The van der Waals surface area contributed by atoms with Gasteiger partial charge in [0.1, 0.15) is 5.75 Å². The minimum atomic E-state index is -1.03. The summed E-state index contributed by atoms with van der Waals surface area (Å²) in [6.45, 7) is 3.35. The Hall–Kier alpha value is -3.26. The molecule has 0 bridgehead atoms. The number of rotatable bonds is 9. The molecule has 4 rings (SSSR count). The average Bonchev–Trinajstić information content (AvgIpc) is 3.38. The number of carbonyl (C=O) groups excluding carboxylic acids is 1. The van der Waals surface area contributed by atoms with Crippen molar-refractivity contribution in [2.75, 3.05) is 33.7 Å². The predicted molar refractivity (Wildman–Crippen MR) is 115 cm³/mol. The second-order valence-electron chi connectivity index (χ2n) is 7.82. The number of hydrogen-bond donors (Lipinski definition) is 1. The van der Waals surface area contributed by atoms with E-state index < -0.39 is 23.8 Å². The molecule has 0 aliphatic carbocycles. The SMILES string of the molecule is CCCOCCN1C(=O)[C@@H](c2ccc3c(c2)OCO3)[C@H](C(=O)O)[C@@H]1c1ccc(OC)cc1. The highest BCUT2D eigenvalue weighted by Gasteiger charge is 2.53. The van der Waals surface area contributed by atoms with Crippen molar-refractivity contribution in [3.63, 3.8) is 0 Å². The third-order valence-electron chi connectivity index (χ3n) is 5.91. The number of nitrogens with zero attached hydrogens (tertiary/aromatic N) is 1. The molecule has 1 saturated heterocycles. The summed E-state index contributed by atoms with van der Waals surface area (Å²) in [6, 6.07) is 11.7. The standard InChI is InChI=1S/C24H27NO7/c1-3-11-30-12-10-25-22(15-4-7-17(29-2)8-5-15)21(24(27)28)20(23(25)26)16-6-9-18-19(13-16)32-14-31-18/h4-9,13,20-22H,3,10-12,14H2,1-2H3,(H,27,28)/t20-,21-,22-/m0/s1. The summed E-state index contributed by atoms with van der Waals surface area (Å²) >= 11 is 0. The molecule has 8 heteroatoms. The van der Waals surface area contributed by atoms with Gasteiger partial charge in [-0.3, -0.25) is 9.59 Å². The molecule has 0 saturated carbocycles. The Morgan fingerprint density at radius 2 is 1.81 bits per heavy atom. The van der Waals surface area contributed by atoms with Crippen LogP contribution in [0.5, 0.6) is 17.2 Å². The highest BCUT2D eigenvalue weighted by molar-refractivity contribution is 5.94. The third kappa shape index (κ3) is 4.10. The van der Waals surface area contributed by atoms with E-state index in [1.165, 1.54) is 0 Å². The maximum Gasteiger partial charge on any atom is 0.310 e. The van der Waals surface area contributed by atoms with Gasteiger partial charge in [0.15, 0.2) is 11.5 Å². The van der Waals surface area contributed by atoms with E-state index in [4.69, 9.17) is 18.9 Å². The molecule has 2 heterocycles. The fourth-order valence-electron chi connectivity index (χ4n) is 4.43. The molecule has 0 spiro atoms. The van der Waals surface area contributed by atoms with Crippen LogP contribution < -0.4 is 14.2 Å². The number of carbonyl (C=O) groups is 2. The first-order valence-electron chi connectivity index (χ1n) is 10.7. The number of carboxylic acids is 1. The molecule has 1 amide bonds. The Balaban J connectivity index is 1.72. The second kappa shape index (κ2) is 9.48. The topological polar surface area (TPSA) is 94.5 Å². The molecule has 3 atom stereocenters. The lowest BCUT2D eigenvalue weighted by molar-refractivity contribution is -0.143. The second-order valence-corrected chi connectivity index (χ2v) is 7.82. The van der Waals surface area contributed by atoms with Crippen molar-refractivity contribution >= 4 is 11.9 Å². The summed E-state index contributed by atoms with van der Waals surface area (Å²) in [4.78, 5) is 27.7. The van der Waals surface area contributed by atoms with E-state index in [0.717, 1.165) is 12.0 Å². The summed E-state index contributed by atoms with van der Waals surface area (Å²) in [5.74, 6) is -1.32. The molecule has 1 fully saturated rings. The zero-order chi connectivity index (χ0) is 22.7. The number of methoxy groups -OCH3 is 1. The maximum absolute atomic E-state index is 13.6. The van der Waals surface area contributed by atoms with Crippen LogP contribution in [0, 0.1) is 5.92 Å². The Kier molecular flexibility index (Phi) is 6.50. The number of aliphatic carboxylic acids is 1. The van der Waals surface area contributed by atoms with Crippen LogP contribution in [0.1, 0.15) is 36.4 Å². The normalized spacial score (nSPS) is 21.8. The van der Waals surface area contributed by atoms with Gasteiger partial charge >= 0.3 is 5.97 Å². The van der Waals surface area contributed by atoms with E-state index in [0.29, 0.717) is 42.6 Å². The molecule has 2 aromatic carbocycles. The van der Waals surface area contributed by atoms with Crippen LogP contribution >= 0.6 is 0 Å². The molecular formula is C24H27NO7. The van der Waals surface area contributed by atoms with Gasteiger partial charge in [0.2, 0.25) is 12.7 Å². The predicted octanol–water partition coefficient (Wildman–Crippen LogP) is 3.22. The molecule has 0 unspecified atom stereocenters. The van der Waals surface area contributed by atoms with Gasteiger partial charge in [0.05, 0.1) is 31.6 Å². The number of amides is 1. The molecular weight excluding hydrogens is 414 g/mol. The quantitative estimate of drug-likeness (QED) is 0.597. The number of hydrogen-bond acceptors (Lipinski definition) is 6. The van der Waals surface area contributed by atoms with Gasteiger partial charge in [-0.25, -0.2) is 0 Å². The zero-order valence-electron chi connectivity index (χ0n) is 18.2. The molecule has 1 N–H and O–H groups in total. The van der Waals surface area contributed by atoms with E-state index in [-0.39, 0.29) is 12.7 Å². The van der Waals surface area contributed by atoms with Crippen LogP contribution in [0.3, 0.4) is 0 Å². The van der Waals surface area contributed by atoms with Crippen molar-refractivity contribution in [2.45, 2.75) is 25.3 Å². The summed E-state index contributed by atoms with van der Waals surface area (Å²) in [7, 11) is 1.57. The van der Waals surface area contributed by atoms with Crippen LogP contribution in [0.2, 0.25) is 0 Å². The van der Waals surface area contributed by atoms with Gasteiger partial charge in [0, 0.05) is 13.2 Å². The molecule has 0 radical (unpaired) electrons. The maximum atomic E-state index is 13.6. The lowest BCUT2D eigenvalue weighted by atomic mass is 9.82. The zero-order valence-corrected chi connectivity index (χ0v) is 18.2. The third-order valence-corrected chi connectivity index (χ3v) is 5.91. The van der Waals surface area contributed by atoms with Crippen molar-refractivity contribution < 1.29 is 33.6 Å². The van der Waals surface area contributed by atoms with Gasteiger partial charge in [-0.15, -0.1) is 0 Å². The molecule has 2 aliphatic rings. The van der Waals surface area contributed by atoms with Gasteiger partial charge in [-0.1, -0.05) is 25.1 Å². The largest absolute Gasteiger partial charge is 0.497 e. The Morgan fingerprint density at radius 1 is 1.09 bits per heavy atom. The van der Waals surface area contributed by atoms with Gasteiger partial charge < -0.3 is 29.0 Å². The molecule has 2 aliphatic heterocycles. The molecule has 2 aromatic rings.